The highest BCUT2D eigenvalue weighted by Crippen LogP contribution is 2.28. The summed E-state index contributed by atoms with van der Waals surface area (Å²) in [4.78, 5) is 0. The molecule has 2 rings (SSSR count). The van der Waals surface area contributed by atoms with Crippen LogP contribution in [0.1, 0.15) is 51.1 Å². The lowest BCUT2D eigenvalue weighted by atomic mass is 9.82. The summed E-state index contributed by atoms with van der Waals surface area (Å²) in [5.74, 6) is 0.407. The average molecular weight is 247 g/mol. The highest BCUT2D eigenvalue weighted by molar-refractivity contribution is 5.18. The molecule has 2 nitrogen and oxygen atoms in total. The summed E-state index contributed by atoms with van der Waals surface area (Å²) < 4.78 is 0. The maximum Gasteiger partial charge on any atom is 0.0583 e. The van der Waals surface area contributed by atoms with Gasteiger partial charge < -0.3 is 10.4 Å². The molecule has 1 aromatic carbocycles. The Hall–Kier alpha value is -0.860. The number of nitrogens with one attached hydrogen (secondary N) is 1. The minimum atomic E-state index is -0.121. The Labute approximate surface area is 110 Å². The van der Waals surface area contributed by atoms with E-state index in [4.69, 9.17) is 0 Å². The van der Waals surface area contributed by atoms with E-state index in [0.717, 1.165) is 12.8 Å². The third-order valence-electron chi connectivity index (χ3n) is 4.24. The van der Waals surface area contributed by atoms with Gasteiger partial charge in [0, 0.05) is 12.1 Å². The summed E-state index contributed by atoms with van der Waals surface area (Å²) in [6.07, 6.45) is 4.43. The van der Waals surface area contributed by atoms with Gasteiger partial charge in [-0.15, -0.1) is 0 Å². The molecule has 0 bridgehead atoms. The van der Waals surface area contributed by atoms with Gasteiger partial charge in [0.1, 0.15) is 0 Å². The first kappa shape index (κ1) is 13.6. The SMILES string of the molecule is C[C@@H](N[C@H](C)[C@H]1CCCC[C@@H]1O)c1ccccc1. The molecule has 0 aromatic heterocycles. The van der Waals surface area contributed by atoms with Crippen LogP contribution in [0.4, 0.5) is 0 Å². The van der Waals surface area contributed by atoms with Crippen LogP contribution < -0.4 is 5.32 Å². The fourth-order valence-corrected chi connectivity index (χ4v) is 3.08. The van der Waals surface area contributed by atoms with Crippen LogP contribution in [0, 0.1) is 5.92 Å². The lowest BCUT2D eigenvalue weighted by Gasteiger charge is -2.34. The molecule has 0 amide bonds. The second kappa shape index (κ2) is 6.35. The molecule has 0 saturated heterocycles. The van der Waals surface area contributed by atoms with E-state index >= 15 is 0 Å². The second-order valence-corrected chi connectivity index (χ2v) is 5.60. The molecule has 0 heterocycles. The van der Waals surface area contributed by atoms with Gasteiger partial charge in [0.25, 0.3) is 0 Å². The predicted molar refractivity (Wildman–Crippen MR) is 75.4 cm³/mol. The molecule has 1 saturated carbocycles. The molecule has 1 fully saturated rings. The largest absolute Gasteiger partial charge is 0.393 e. The molecule has 18 heavy (non-hydrogen) atoms. The Kier molecular flexibility index (Phi) is 4.79. The van der Waals surface area contributed by atoms with E-state index in [1.165, 1.54) is 18.4 Å². The molecule has 1 aliphatic rings. The molecule has 2 N–H and O–H groups in total. The molecule has 1 aliphatic carbocycles. The number of hydrogen-bond acceptors (Lipinski definition) is 2. The van der Waals surface area contributed by atoms with Crippen molar-refractivity contribution in [2.75, 3.05) is 0 Å². The predicted octanol–water partition coefficient (Wildman–Crippen LogP) is 3.28. The van der Waals surface area contributed by atoms with Gasteiger partial charge in [-0.25, -0.2) is 0 Å². The monoisotopic (exact) mass is 247 g/mol. The van der Waals surface area contributed by atoms with E-state index in [-0.39, 0.29) is 6.10 Å². The summed E-state index contributed by atoms with van der Waals surface area (Å²) in [7, 11) is 0. The van der Waals surface area contributed by atoms with Gasteiger partial charge in [-0.3, -0.25) is 0 Å². The maximum absolute atomic E-state index is 10.1. The zero-order chi connectivity index (χ0) is 13.0. The quantitative estimate of drug-likeness (QED) is 0.856. The van der Waals surface area contributed by atoms with Gasteiger partial charge in [-0.05, 0) is 38.2 Å². The normalized spacial score (nSPS) is 27.7. The van der Waals surface area contributed by atoms with Crippen molar-refractivity contribution in [2.24, 2.45) is 5.92 Å². The summed E-state index contributed by atoms with van der Waals surface area (Å²) in [6.45, 7) is 4.40. The van der Waals surface area contributed by atoms with E-state index in [1.54, 1.807) is 0 Å². The van der Waals surface area contributed by atoms with Crippen LogP contribution in [0.2, 0.25) is 0 Å². The van der Waals surface area contributed by atoms with Gasteiger partial charge in [0.2, 0.25) is 0 Å². The van der Waals surface area contributed by atoms with Crippen LogP contribution in [0.3, 0.4) is 0 Å². The zero-order valence-electron chi connectivity index (χ0n) is 11.5. The van der Waals surface area contributed by atoms with Crippen LogP contribution in [-0.2, 0) is 0 Å². The van der Waals surface area contributed by atoms with Crippen LogP contribution in [0.15, 0.2) is 30.3 Å². The number of aliphatic hydroxyl groups is 1. The lowest BCUT2D eigenvalue weighted by molar-refractivity contribution is 0.0497. The summed E-state index contributed by atoms with van der Waals surface area (Å²) in [6, 6.07) is 11.2. The Bertz CT molecular complexity index is 351. The van der Waals surface area contributed by atoms with E-state index < -0.39 is 0 Å². The molecule has 0 spiro atoms. The molecule has 0 aliphatic heterocycles. The third-order valence-corrected chi connectivity index (χ3v) is 4.24. The van der Waals surface area contributed by atoms with Crippen LogP contribution in [0.5, 0.6) is 0 Å². The molecular weight excluding hydrogens is 222 g/mol. The maximum atomic E-state index is 10.1. The van der Waals surface area contributed by atoms with Crippen molar-refractivity contribution in [1.29, 1.82) is 0 Å². The minimum Gasteiger partial charge on any atom is -0.393 e. The highest BCUT2D eigenvalue weighted by Gasteiger charge is 2.28. The average Bonchev–Trinajstić information content (AvgIpc) is 2.40. The van der Waals surface area contributed by atoms with Crippen molar-refractivity contribution in [3.63, 3.8) is 0 Å². The molecule has 0 radical (unpaired) electrons. The smallest absolute Gasteiger partial charge is 0.0583 e. The van der Waals surface area contributed by atoms with Crippen LogP contribution >= 0.6 is 0 Å². The van der Waals surface area contributed by atoms with E-state index in [2.05, 4.69) is 43.4 Å². The van der Waals surface area contributed by atoms with Crippen molar-refractivity contribution in [3.8, 4) is 0 Å². The van der Waals surface area contributed by atoms with Gasteiger partial charge >= 0.3 is 0 Å². The topological polar surface area (TPSA) is 32.3 Å². The summed E-state index contributed by atoms with van der Waals surface area (Å²) in [5.41, 5.74) is 1.31. The van der Waals surface area contributed by atoms with Crippen molar-refractivity contribution < 1.29 is 5.11 Å². The van der Waals surface area contributed by atoms with Crippen LogP contribution in [0.25, 0.3) is 0 Å². The molecule has 4 atom stereocenters. The number of rotatable bonds is 4. The summed E-state index contributed by atoms with van der Waals surface area (Å²) >= 11 is 0. The molecule has 0 unspecified atom stereocenters. The van der Waals surface area contributed by atoms with Crippen molar-refractivity contribution >= 4 is 0 Å². The molecule has 100 valence electrons. The fraction of sp³-hybridized carbons (Fsp3) is 0.625. The number of aliphatic hydroxyl groups excluding tert-OH is 1. The first-order valence-corrected chi connectivity index (χ1v) is 7.17. The van der Waals surface area contributed by atoms with Crippen molar-refractivity contribution in [2.45, 2.75) is 57.7 Å². The Morgan fingerprint density at radius 3 is 2.44 bits per heavy atom. The Morgan fingerprint density at radius 1 is 1.11 bits per heavy atom. The Balaban J connectivity index is 1.92. The van der Waals surface area contributed by atoms with Gasteiger partial charge in [-0.2, -0.15) is 0 Å². The number of hydrogen-bond donors (Lipinski definition) is 2. The van der Waals surface area contributed by atoms with E-state index in [1.807, 2.05) is 6.07 Å². The zero-order valence-corrected chi connectivity index (χ0v) is 11.5. The minimum absolute atomic E-state index is 0.121. The molecule has 1 aromatic rings. The van der Waals surface area contributed by atoms with E-state index in [9.17, 15) is 5.11 Å². The van der Waals surface area contributed by atoms with Crippen molar-refractivity contribution in [3.05, 3.63) is 35.9 Å². The Morgan fingerprint density at radius 2 is 1.78 bits per heavy atom. The first-order valence-electron chi connectivity index (χ1n) is 7.17. The highest BCUT2D eigenvalue weighted by atomic mass is 16.3. The van der Waals surface area contributed by atoms with Gasteiger partial charge in [0.15, 0.2) is 0 Å². The second-order valence-electron chi connectivity index (χ2n) is 5.60. The van der Waals surface area contributed by atoms with E-state index in [0.29, 0.717) is 18.0 Å². The van der Waals surface area contributed by atoms with Crippen LogP contribution in [-0.4, -0.2) is 17.3 Å². The molecular formula is C16H25NO. The fourth-order valence-electron chi connectivity index (χ4n) is 3.08. The standard InChI is InChI=1S/C16H25NO/c1-12(14-8-4-3-5-9-14)17-13(2)15-10-6-7-11-16(15)18/h3-5,8-9,12-13,15-18H,6-7,10-11H2,1-2H3/t12-,13-,15-,16+/m1/s1. The van der Waals surface area contributed by atoms with Gasteiger partial charge in [0.05, 0.1) is 6.10 Å². The molecule has 2 heteroatoms. The van der Waals surface area contributed by atoms with Crippen molar-refractivity contribution in [1.82, 2.24) is 5.32 Å². The third kappa shape index (κ3) is 3.33. The lowest BCUT2D eigenvalue weighted by Crippen LogP contribution is -2.42. The van der Waals surface area contributed by atoms with Gasteiger partial charge in [-0.1, -0.05) is 43.2 Å². The first-order chi connectivity index (χ1) is 8.68. The summed E-state index contributed by atoms with van der Waals surface area (Å²) in [5, 5.41) is 13.7. The number of benzene rings is 1.